The maximum Gasteiger partial charge on any atom is 0.288 e. The van der Waals surface area contributed by atoms with Crippen molar-refractivity contribution in [3.8, 4) is 5.75 Å². The average molecular weight is 455 g/mol. The Morgan fingerprint density at radius 1 is 1.00 bits per heavy atom. The van der Waals surface area contributed by atoms with Crippen molar-refractivity contribution in [3.63, 3.8) is 0 Å². The van der Waals surface area contributed by atoms with Crippen molar-refractivity contribution < 1.29 is 14.3 Å². The van der Waals surface area contributed by atoms with Gasteiger partial charge in [-0.1, -0.05) is 45.2 Å². The number of nitrogens with one attached hydrogen (secondary N) is 2. The van der Waals surface area contributed by atoms with Gasteiger partial charge in [0.15, 0.2) is 0 Å². The molecule has 0 spiro atoms. The fourth-order valence-corrected chi connectivity index (χ4v) is 4.96. The Hall–Kier alpha value is -2.47. The molecule has 1 aliphatic rings. The lowest BCUT2D eigenvalue weighted by Gasteiger charge is -2.36. The fourth-order valence-electron chi connectivity index (χ4n) is 4.22. The van der Waals surface area contributed by atoms with E-state index in [1.54, 1.807) is 31.4 Å². The number of para-hydroxylation sites is 1. The van der Waals surface area contributed by atoms with E-state index in [1.165, 1.54) is 6.42 Å². The predicted octanol–water partition coefficient (Wildman–Crippen LogP) is 7.34. The number of benzene rings is 2. The van der Waals surface area contributed by atoms with E-state index in [2.05, 4.69) is 24.5 Å². The number of methoxy groups -OCH3 is 1. The van der Waals surface area contributed by atoms with Crippen molar-refractivity contribution in [2.75, 3.05) is 17.7 Å². The second-order valence-corrected chi connectivity index (χ2v) is 9.98. The number of hydrogen-bond acceptors (Lipinski definition) is 4. The van der Waals surface area contributed by atoms with E-state index in [-0.39, 0.29) is 16.6 Å². The van der Waals surface area contributed by atoms with Gasteiger partial charge >= 0.3 is 0 Å². The van der Waals surface area contributed by atoms with E-state index in [0.717, 1.165) is 60.9 Å². The number of anilines is 2. The quantitative estimate of drug-likeness (QED) is 0.409. The van der Waals surface area contributed by atoms with Gasteiger partial charge in [-0.05, 0) is 79.8 Å². The zero-order valence-electron chi connectivity index (χ0n) is 19.3. The van der Waals surface area contributed by atoms with Crippen molar-refractivity contribution in [1.82, 2.24) is 0 Å². The van der Waals surface area contributed by atoms with Crippen LogP contribution in [0.2, 0.25) is 0 Å². The molecule has 0 unspecified atom stereocenters. The van der Waals surface area contributed by atoms with E-state index in [9.17, 15) is 9.59 Å². The molecule has 0 heterocycles. The van der Waals surface area contributed by atoms with Gasteiger partial charge in [-0.2, -0.15) is 0 Å². The van der Waals surface area contributed by atoms with E-state index in [1.807, 2.05) is 24.3 Å². The molecular weight excluding hydrogens is 420 g/mol. The molecule has 0 saturated heterocycles. The molecule has 1 saturated carbocycles. The molecule has 1 aliphatic carbocycles. The molecule has 2 amide bonds. The molecule has 32 heavy (non-hydrogen) atoms. The number of thioether (sulfide) groups is 1. The summed E-state index contributed by atoms with van der Waals surface area (Å²) in [6, 6.07) is 14.7. The molecule has 2 aromatic rings. The molecule has 172 valence electrons. The Morgan fingerprint density at radius 3 is 2.34 bits per heavy atom. The van der Waals surface area contributed by atoms with Gasteiger partial charge < -0.3 is 15.4 Å². The van der Waals surface area contributed by atoms with Gasteiger partial charge in [-0.15, -0.1) is 0 Å². The standard InChI is InChI=1S/C26H34N2O3S/c1-19(2)15-18-26(16-7-4-8-17-26)24(29)28-22-9-5-6-10-23(22)32-25(30)27-20-11-13-21(31-3)14-12-20/h5-6,9-14,19H,4,7-8,15-18H2,1-3H3,(H,27,30)(H,28,29). The molecule has 6 heteroatoms. The normalized spacial score (nSPS) is 15.2. The lowest BCUT2D eigenvalue weighted by atomic mass is 9.69. The van der Waals surface area contributed by atoms with Gasteiger partial charge in [-0.25, -0.2) is 0 Å². The van der Waals surface area contributed by atoms with Crippen LogP contribution < -0.4 is 15.4 Å². The SMILES string of the molecule is COc1ccc(NC(=O)Sc2ccccc2NC(=O)C2(CCC(C)C)CCCCC2)cc1. The van der Waals surface area contributed by atoms with Crippen molar-refractivity contribution >= 4 is 34.3 Å². The van der Waals surface area contributed by atoms with Crippen LogP contribution >= 0.6 is 11.8 Å². The minimum Gasteiger partial charge on any atom is -0.497 e. The molecule has 1 fully saturated rings. The van der Waals surface area contributed by atoms with Crippen molar-refractivity contribution in [2.45, 2.75) is 63.7 Å². The first-order valence-electron chi connectivity index (χ1n) is 11.5. The Balaban J connectivity index is 1.69. The van der Waals surface area contributed by atoms with Gasteiger partial charge in [0.05, 0.1) is 12.8 Å². The van der Waals surface area contributed by atoms with E-state index < -0.39 is 0 Å². The zero-order valence-corrected chi connectivity index (χ0v) is 20.1. The van der Waals surface area contributed by atoms with Crippen LogP contribution in [-0.2, 0) is 4.79 Å². The summed E-state index contributed by atoms with van der Waals surface area (Å²) in [7, 11) is 1.61. The zero-order chi connectivity index (χ0) is 23.0. The number of rotatable bonds is 8. The third kappa shape index (κ3) is 6.52. The predicted molar refractivity (Wildman–Crippen MR) is 133 cm³/mol. The second-order valence-electron chi connectivity index (χ2n) is 8.97. The Morgan fingerprint density at radius 2 is 1.69 bits per heavy atom. The molecule has 3 rings (SSSR count). The summed E-state index contributed by atoms with van der Waals surface area (Å²) in [6.07, 6.45) is 7.27. The van der Waals surface area contributed by atoms with Crippen molar-refractivity contribution in [3.05, 3.63) is 48.5 Å². The minimum atomic E-state index is -0.300. The van der Waals surface area contributed by atoms with Crippen molar-refractivity contribution in [1.29, 1.82) is 0 Å². The van der Waals surface area contributed by atoms with Crippen LogP contribution in [0.4, 0.5) is 16.2 Å². The Labute approximate surface area is 195 Å². The number of carbonyl (C=O) groups is 2. The summed E-state index contributed by atoms with van der Waals surface area (Å²) >= 11 is 1.08. The highest BCUT2D eigenvalue weighted by atomic mass is 32.2. The first-order chi connectivity index (χ1) is 15.4. The van der Waals surface area contributed by atoms with E-state index in [0.29, 0.717) is 17.3 Å². The maximum atomic E-state index is 13.5. The summed E-state index contributed by atoms with van der Waals surface area (Å²) in [5, 5.41) is 5.85. The van der Waals surface area contributed by atoms with Crippen LogP contribution in [0.1, 0.15) is 58.8 Å². The first kappa shape index (κ1) is 24.2. The molecule has 0 aliphatic heterocycles. The van der Waals surface area contributed by atoms with Gasteiger partial charge in [-0.3, -0.25) is 9.59 Å². The third-order valence-corrected chi connectivity index (χ3v) is 7.03. The average Bonchev–Trinajstić information content (AvgIpc) is 2.80. The van der Waals surface area contributed by atoms with E-state index >= 15 is 0 Å². The highest BCUT2D eigenvalue weighted by Crippen LogP contribution is 2.42. The molecule has 0 radical (unpaired) electrons. The largest absolute Gasteiger partial charge is 0.497 e. The van der Waals surface area contributed by atoms with Crippen LogP contribution in [-0.4, -0.2) is 18.3 Å². The summed E-state index contributed by atoms with van der Waals surface area (Å²) in [6.45, 7) is 4.42. The van der Waals surface area contributed by atoms with Crippen LogP contribution in [0, 0.1) is 11.3 Å². The molecule has 2 aromatic carbocycles. The monoisotopic (exact) mass is 454 g/mol. The van der Waals surface area contributed by atoms with Crippen molar-refractivity contribution in [2.24, 2.45) is 11.3 Å². The third-order valence-electron chi connectivity index (χ3n) is 6.17. The first-order valence-corrected chi connectivity index (χ1v) is 12.3. The van der Waals surface area contributed by atoms with Crippen LogP contribution in [0.5, 0.6) is 5.75 Å². The van der Waals surface area contributed by atoms with E-state index in [4.69, 9.17) is 4.74 Å². The van der Waals surface area contributed by atoms with Crippen LogP contribution in [0.15, 0.2) is 53.4 Å². The topological polar surface area (TPSA) is 67.4 Å². The number of ether oxygens (including phenoxy) is 1. The summed E-state index contributed by atoms with van der Waals surface area (Å²) < 4.78 is 5.15. The van der Waals surface area contributed by atoms with Gasteiger partial charge in [0.1, 0.15) is 5.75 Å². The number of hydrogen-bond donors (Lipinski definition) is 2. The molecule has 5 nitrogen and oxygen atoms in total. The number of amides is 2. The number of carbonyl (C=O) groups excluding carboxylic acids is 2. The van der Waals surface area contributed by atoms with Gasteiger partial charge in [0.25, 0.3) is 5.24 Å². The molecule has 2 N–H and O–H groups in total. The lowest BCUT2D eigenvalue weighted by molar-refractivity contribution is -0.128. The summed E-state index contributed by atoms with van der Waals surface area (Å²) in [4.78, 5) is 26.8. The molecule has 0 atom stereocenters. The Bertz CT molecular complexity index is 906. The minimum absolute atomic E-state index is 0.0986. The van der Waals surface area contributed by atoms with Crippen LogP contribution in [0.25, 0.3) is 0 Å². The van der Waals surface area contributed by atoms with Crippen LogP contribution in [0.3, 0.4) is 0 Å². The highest BCUT2D eigenvalue weighted by Gasteiger charge is 2.39. The molecular formula is C26H34N2O3S. The second kappa shape index (κ2) is 11.4. The van der Waals surface area contributed by atoms with Gasteiger partial charge in [0.2, 0.25) is 5.91 Å². The summed E-state index contributed by atoms with van der Waals surface area (Å²) in [5.74, 6) is 1.41. The fraction of sp³-hybridized carbons (Fsp3) is 0.462. The highest BCUT2D eigenvalue weighted by molar-refractivity contribution is 8.14. The Kier molecular flexibility index (Phi) is 8.62. The van der Waals surface area contributed by atoms with Gasteiger partial charge in [0, 0.05) is 16.0 Å². The smallest absolute Gasteiger partial charge is 0.288 e. The lowest BCUT2D eigenvalue weighted by Crippen LogP contribution is -2.38. The maximum absolute atomic E-state index is 13.5. The summed E-state index contributed by atoms with van der Waals surface area (Å²) in [5.41, 5.74) is 1.09. The molecule has 0 bridgehead atoms. The molecule has 0 aromatic heterocycles.